The van der Waals surface area contributed by atoms with E-state index in [1.807, 2.05) is 31.2 Å². The molecule has 0 spiro atoms. The number of rotatable bonds is 5. The minimum atomic E-state index is -0.379. The van der Waals surface area contributed by atoms with Gasteiger partial charge in [-0.25, -0.2) is 0 Å². The summed E-state index contributed by atoms with van der Waals surface area (Å²) in [7, 11) is 0. The van der Waals surface area contributed by atoms with Crippen molar-refractivity contribution in [3.05, 3.63) is 65.0 Å². The van der Waals surface area contributed by atoms with Crippen LogP contribution in [-0.4, -0.2) is 24.3 Å². The monoisotopic (exact) mass is 380 g/mol. The summed E-state index contributed by atoms with van der Waals surface area (Å²) in [4.78, 5) is 12.7. The molecule has 4 rings (SSSR count). The van der Waals surface area contributed by atoms with Gasteiger partial charge in [0.25, 0.3) is 5.91 Å². The number of anilines is 1. The third kappa shape index (κ3) is 3.78. The molecule has 7 heteroatoms. The van der Waals surface area contributed by atoms with Gasteiger partial charge in [0.05, 0.1) is 5.56 Å². The summed E-state index contributed by atoms with van der Waals surface area (Å²) in [5, 5.41) is 6.72. The van der Waals surface area contributed by atoms with Crippen molar-refractivity contribution in [3.63, 3.8) is 0 Å². The van der Waals surface area contributed by atoms with Crippen LogP contribution in [0.15, 0.2) is 47.0 Å². The number of hydrogen-bond donors (Lipinski definition) is 1. The second kappa shape index (κ2) is 7.64. The molecule has 144 valence electrons. The standard InChI is InChI=1S/C21H20N2O5/c1-13-3-6-16(7-4-13)27-12-17-14(2)28-23-20(17)21(24)22-15-5-8-18-19(11-15)26-10-9-25-18/h3-8,11H,9-10,12H2,1-2H3,(H,22,24). The van der Waals surface area contributed by atoms with Gasteiger partial charge in [0.1, 0.15) is 31.3 Å². The largest absolute Gasteiger partial charge is 0.489 e. The highest BCUT2D eigenvalue weighted by Crippen LogP contribution is 2.32. The topological polar surface area (TPSA) is 82.8 Å². The van der Waals surface area contributed by atoms with E-state index in [9.17, 15) is 4.79 Å². The molecule has 2 aromatic carbocycles. The molecule has 0 radical (unpaired) electrons. The second-order valence-corrected chi connectivity index (χ2v) is 6.48. The molecule has 2 heterocycles. The van der Waals surface area contributed by atoms with Crippen molar-refractivity contribution in [2.45, 2.75) is 20.5 Å². The number of fused-ring (bicyclic) bond motifs is 1. The summed E-state index contributed by atoms with van der Waals surface area (Å²) in [6.07, 6.45) is 0. The fourth-order valence-corrected chi connectivity index (χ4v) is 2.84. The van der Waals surface area contributed by atoms with E-state index < -0.39 is 0 Å². The average molecular weight is 380 g/mol. The number of ether oxygens (including phenoxy) is 3. The molecule has 1 aromatic heterocycles. The number of benzene rings is 2. The molecular formula is C21H20N2O5. The van der Waals surface area contributed by atoms with Gasteiger partial charge in [-0.15, -0.1) is 0 Å². The van der Waals surface area contributed by atoms with Gasteiger partial charge in [-0.1, -0.05) is 22.9 Å². The van der Waals surface area contributed by atoms with Gasteiger partial charge in [0, 0.05) is 11.8 Å². The van der Waals surface area contributed by atoms with Crippen molar-refractivity contribution in [1.29, 1.82) is 0 Å². The van der Waals surface area contributed by atoms with Gasteiger partial charge < -0.3 is 24.1 Å². The smallest absolute Gasteiger partial charge is 0.278 e. The Labute approximate surface area is 162 Å². The number of carbonyl (C=O) groups excluding carboxylic acids is 1. The Morgan fingerprint density at radius 1 is 1.07 bits per heavy atom. The van der Waals surface area contributed by atoms with Crippen molar-refractivity contribution in [3.8, 4) is 17.2 Å². The Morgan fingerprint density at radius 3 is 2.61 bits per heavy atom. The molecule has 0 saturated carbocycles. The maximum absolute atomic E-state index is 12.7. The normalized spacial score (nSPS) is 12.5. The quantitative estimate of drug-likeness (QED) is 0.723. The molecule has 1 N–H and O–H groups in total. The summed E-state index contributed by atoms with van der Waals surface area (Å²) in [5.74, 6) is 2.14. The molecule has 7 nitrogen and oxygen atoms in total. The van der Waals surface area contributed by atoms with E-state index in [-0.39, 0.29) is 18.2 Å². The highest BCUT2D eigenvalue weighted by molar-refractivity contribution is 6.04. The van der Waals surface area contributed by atoms with E-state index in [2.05, 4.69) is 10.5 Å². The lowest BCUT2D eigenvalue weighted by Gasteiger charge is -2.18. The first kappa shape index (κ1) is 17.9. The van der Waals surface area contributed by atoms with Crippen LogP contribution in [0, 0.1) is 13.8 Å². The molecule has 0 bridgehead atoms. The summed E-state index contributed by atoms with van der Waals surface area (Å²) < 4.78 is 22.0. The Hall–Kier alpha value is -3.48. The van der Waals surface area contributed by atoms with E-state index in [4.69, 9.17) is 18.7 Å². The van der Waals surface area contributed by atoms with Crippen LogP contribution in [0.25, 0.3) is 0 Å². The van der Waals surface area contributed by atoms with Crippen LogP contribution in [0.3, 0.4) is 0 Å². The average Bonchev–Trinajstić information content (AvgIpc) is 3.08. The first-order valence-corrected chi connectivity index (χ1v) is 8.96. The Morgan fingerprint density at radius 2 is 1.82 bits per heavy atom. The van der Waals surface area contributed by atoms with E-state index in [0.29, 0.717) is 47.5 Å². The van der Waals surface area contributed by atoms with E-state index in [1.165, 1.54) is 0 Å². The third-order valence-electron chi connectivity index (χ3n) is 4.40. The molecule has 1 aliphatic rings. The maximum Gasteiger partial charge on any atom is 0.278 e. The Kier molecular flexibility index (Phi) is 4.89. The van der Waals surface area contributed by atoms with Crippen LogP contribution in [-0.2, 0) is 6.61 Å². The van der Waals surface area contributed by atoms with Crippen LogP contribution in [0.4, 0.5) is 5.69 Å². The maximum atomic E-state index is 12.7. The second-order valence-electron chi connectivity index (χ2n) is 6.48. The molecule has 28 heavy (non-hydrogen) atoms. The highest BCUT2D eigenvalue weighted by atomic mass is 16.6. The summed E-state index contributed by atoms with van der Waals surface area (Å²) in [5.41, 5.74) is 2.53. The van der Waals surface area contributed by atoms with E-state index in [0.717, 1.165) is 5.56 Å². The van der Waals surface area contributed by atoms with Crippen LogP contribution < -0.4 is 19.5 Å². The number of amides is 1. The van der Waals surface area contributed by atoms with Crippen molar-refractivity contribution >= 4 is 11.6 Å². The lowest BCUT2D eigenvalue weighted by molar-refractivity contribution is 0.101. The van der Waals surface area contributed by atoms with Crippen molar-refractivity contribution in [2.24, 2.45) is 0 Å². The predicted molar refractivity (Wildman–Crippen MR) is 102 cm³/mol. The van der Waals surface area contributed by atoms with Gasteiger partial charge in [-0.3, -0.25) is 4.79 Å². The van der Waals surface area contributed by atoms with Gasteiger partial charge in [-0.05, 0) is 38.1 Å². The van der Waals surface area contributed by atoms with Crippen molar-refractivity contribution < 1.29 is 23.5 Å². The van der Waals surface area contributed by atoms with Crippen molar-refractivity contribution in [2.75, 3.05) is 18.5 Å². The molecule has 0 saturated heterocycles. The minimum Gasteiger partial charge on any atom is -0.489 e. The SMILES string of the molecule is Cc1ccc(OCc2c(C(=O)Nc3ccc4c(c3)OCCO4)noc2C)cc1. The van der Waals surface area contributed by atoms with Gasteiger partial charge in [0.15, 0.2) is 17.2 Å². The molecule has 0 unspecified atom stereocenters. The van der Waals surface area contributed by atoms with Crippen LogP contribution >= 0.6 is 0 Å². The lowest BCUT2D eigenvalue weighted by atomic mass is 10.2. The van der Waals surface area contributed by atoms with Crippen molar-refractivity contribution in [1.82, 2.24) is 5.16 Å². The highest BCUT2D eigenvalue weighted by Gasteiger charge is 2.21. The van der Waals surface area contributed by atoms with Crippen LogP contribution in [0.1, 0.15) is 27.4 Å². The lowest BCUT2D eigenvalue weighted by Crippen LogP contribution is -2.17. The van der Waals surface area contributed by atoms with E-state index >= 15 is 0 Å². The first-order chi connectivity index (χ1) is 13.6. The Bertz CT molecular complexity index is 995. The number of aryl methyl sites for hydroxylation is 2. The summed E-state index contributed by atoms with van der Waals surface area (Å²) in [6, 6.07) is 12.9. The number of nitrogens with zero attached hydrogens (tertiary/aromatic N) is 1. The van der Waals surface area contributed by atoms with Gasteiger partial charge >= 0.3 is 0 Å². The molecule has 0 aliphatic carbocycles. The summed E-state index contributed by atoms with van der Waals surface area (Å²) >= 11 is 0. The van der Waals surface area contributed by atoms with Gasteiger partial charge in [-0.2, -0.15) is 0 Å². The van der Waals surface area contributed by atoms with Crippen LogP contribution in [0.2, 0.25) is 0 Å². The fourth-order valence-electron chi connectivity index (χ4n) is 2.84. The molecule has 1 amide bonds. The zero-order chi connectivity index (χ0) is 19.5. The Balaban J connectivity index is 1.48. The van der Waals surface area contributed by atoms with E-state index in [1.54, 1.807) is 25.1 Å². The summed E-state index contributed by atoms with van der Waals surface area (Å²) in [6.45, 7) is 4.94. The number of carbonyl (C=O) groups is 1. The first-order valence-electron chi connectivity index (χ1n) is 8.96. The zero-order valence-corrected chi connectivity index (χ0v) is 15.7. The number of aromatic nitrogens is 1. The molecule has 1 aliphatic heterocycles. The number of nitrogens with one attached hydrogen (secondary N) is 1. The fraction of sp³-hybridized carbons (Fsp3) is 0.238. The number of hydrogen-bond acceptors (Lipinski definition) is 6. The zero-order valence-electron chi connectivity index (χ0n) is 15.7. The van der Waals surface area contributed by atoms with Crippen LogP contribution in [0.5, 0.6) is 17.2 Å². The third-order valence-corrected chi connectivity index (χ3v) is 4.40. The molecule has 0 fully saturated rings. The molecule has 0 atom stereocenters. The minimum absolute atomic E-state index is 0.183. The van der Waals surface area contributed by atoms with Gasteiger partial charge in [0.2, 0.25) is 0 Å². The molecular weight excluding hydrogens is 360 g/mol. The predicted octanol–water partition coefficient (Wildman–Crippen LogP) is 3.89. The molecule has 3 aromatic rings.